The van der Waals surface area contributed by atoms with Gasteiger partial charge in [0.1, 0.15) is 0 Å². The molecule has 0 aliphatic carbocycles. The van der Waals surface area contributed by atoms with Crippen LogP contribution >= 0.6 is 0 Å². The molecule has 2 rings (SSSR count). The summed E-state index contributed by atoms with van der Waals surface area (Å²) in [5.41, 5.74) is 1.98. The van der Waals surface area contributed by atoms with Crippen molar-refractivity contribution in [1.82, 2.24) is 20.3 Å². The number of benzene rings is 1. The first-order valence-electron chi connectivity index (χ1n) is 5.49. The summed E-state index contributed by atoms with van der Waals surface area (Å²) in [4.78, 5) is 2.18. The minimum Gasteiger partial charge on any atom is -0.309 e. The highest BCUT2D eigenvalue weighted by Gasteiger charge is 2.03. The minimum atomic E-state index is 0.928. The molecule has 84 valence electrons. The lowest BCUT2D eigenvalue weighted by molar-refractivity contribution is 0.399. The number of fused-ring (bicyclic) bond motifs is 1. The molecule has 0 saturated carbocycles. The van der Waals surface area contributed by atoms with Crippen LogP contribution in [-0.4, -0.2) is 41.0 Å². The molecule has 1 aromatic carbocycles. The predicted octanol–water partition coefficient (Wildman–Crippen LogP) is 1.52. The Hall–Kier alpha value is -1.55. The van der Waals surface area contributed by atoms with Gasteiger partial charge in [0.15, 0.2) is 0 Å². The van der Waals surface area contributed by atoms with Crippen LogP contribution < -0.4 is 0 Å². The van der Waals surface area contributed by atoms with Crippen molar-refractivity contribution < 1.29 is 0 Å². The molecule has 16 heavy (non-hydrogen) atoms. The minimum absolute atomic E-state index is 0.928. The summed E-state index contributed by atoms with van der Waals surface area (Å²) in [5.74, 6) is 0. The Balaban J connectivity index is 2.17. The fourth-order valence-corrected chi connectivity index (χ4v) is 1.73. The number of aromatic nitrogens is 3. The molecule has 0 radical (unpaired) electrons. The molecule has 0 unspecified atom stereocenters. The van der Waals surface area contributed by atoms with Crippen LogP contribution in [0.25, 0.3) is 10.9 Å². The summed E-state index contributed by atoms with van der Waals surface area (Å²) in [6, 6.07) is 8.02. The Morgan fingerprint density at radius 3 is 2.75 bits per heavy atom. The highest BCUT2D eigenvalue weighted by Crippen LogP contribution is 2.14. The number of nitrogens with zero attached hydrogens (tertiary/aromatic N) is 4. The largest absolute Gasteiger partial charge is 0.309 e. The number of hydrogen-bond acceptors (Lipinski definition) is 4. The van der Waals surface area contributed by atoms with Crippen LogP contribution in [-0.2, 0) is 6.42 Å². The van der Waals surface area contributed by atoms with E-state index in [4.69, 9.17) is 0 Å². The number of aryl methyl sites for hydroxylation is 1. The van der Waals surface area contributed by atoms with Gasteiger partial charge in [-0.1, -0.05) is 18.2 Å². The van der Waals surface area contributed by atoms with Gasteiger partial charge in [0, 0.05) is 5.39 Å². The topological polar surface area (TPSA) is 41.9 Å². The molecule has 0 N–H and O–H groups in total. The molecule has 0 fully saturated rings. The molecule has 2 aromatic rings. The van der Waals surface area contributed by atoms with Gasteiger partial charge >= 0.3 is 0 Å². The summed E-state index contributed by atoms with van der Waals surface area (Å²) < 4.78 is 0. The molecule has 4 heteroatoms. The van der Waals surface area contributed by atoms with Crippen LogP contribution in [0.2, 0.25) is 0 Å². The molecule has 0 aliphatic rings. The third-order valence-electron chi connectivity index (χ3n) is 2.55. The van der Waals surface area contributed by atoms with E-state index < -0.39 is 0 Å². The fraction of sp³-hybridized carbons (Fsp3) is 0.417. The zero-order chi connectivity index (χ0) is 11.4. The van der Waals surface area contributed by atoms with Gasteiger partial charge in [0.25, 0.3) is 0 Å². The lowest BCUT2D eigenvalue weighted by Crippen LogP contribution is -2.14. The molecule has 0 aliphatic heterocycles. The molecule has 0 atom stereocenters. The SMILES string of the molecule is CN(C)CCCc1nnnc2ccccc12. The lowest BCUT2D eigenvalue weighted by atomic mass is 10.1. The summed E-state index contributed by atoms with van der Waals surface area (Å²) in [7, 11) is 4.16. The zero-order valence-corrected chi connectivity index (χ0v) is 9.72. The number of hydrogen-bond donors (Lipinski definition) is 0. The van der Waals surface area contributed by atoms with Gasteiger partial charge in [-0.25, -0.2) is 0 Å². The van der Waals surface area contributed by atoms with Gasteiger partial charge in [-0.15, -0.1) is 10.2 Å². The van der Waals surface area contributed by atoms with E-state index in [-0.39, 0.29) is 0 Å². The monoisotopic (exact) mass is 216 g/mol. The summed E-state index contributed by atoms with van der Waals surface area (Å²) in [5, 5.41) is 13.1. The average molecular weight is 216 g/mol. The highest BCUT2D eigenvalue weighted by atomic mass is 15.3. The molecular weight excluding hydrogens is 200 g/mol. The lowest BCUT2D eigenvalue weighted by Gasteiger charge is -2.08. The van der Waals surface area contributed by atoms with E-state index in [0.29, 0.717) is 0 Å². The van der Waals surface area contributed by atoms with Crippen LogP contribution in [0.1, 0.15) is 12.1 Å². The van der Waals surface area contributed by atoms with E-state index in [1.165, 1.54) is 0 Å². The number of rotatable bonds is 4. The maximum Gasteiger partial charge on any atom is 0.0966 e. The first-order valence-corrected chi connectivity index (χ1v) is 5.49. The van der Waals surface area contributed by atoms with Crippen LogP contribution in [0, 0.1) is 0 Å². The van der Waals surface area contributed by atoms with Crippen LogP contribution in [0.3, 0.4) is 0 Å². The van der Waals surface area contributed by atoms with Gasteiger partial charge in [-0.2, -0.15) is 0 Å². The summed E-state index contributed by atoms with van der Waals surface area (Å²) in [6.07, 6.45) is 2.05. The molecular formula is C12H16N4. The van der Waals surface area contributed by atoms with Crippen molar-refractivity contribution in [2.24, 2.45) is 0 Å². The molecule has 0 bridgehead atoms. The van der Waals surface area contributed by atoms with Crippen molar-refractivity contribution in [3.05, 3.63) is 30.0 Å². The Labute approximate surface area is 95.3 Å². The second-order valence-corrected chi connectivity index (χ2v) is 4.16. The van der Waals surface area contributed by atoms with E-state index in [1.807, 2.05) is 18.2 Å². The smallest absolute Gasteiger partial charge is 0.0966 e. The van der Waals surface area contributed by atoms with Crippen LogP contribution in [0.15, 0.2) is 24.3 Å². The molecule has 1 aromatic heterocycles. The second kappa shape index (κ2) is 4.99. The van der Waals surface area contributed by atoms with Crippen molar-refractivity contribution in [1.29, 1.82) is 0 Å². The van der Waals surface area contributed by atoms with Crippen molar-refractivity contribution in [3.63, 3.8) is 0 Å². The van der Waals surface area contributed by atoms with E-state index in [9.17, 15) is 0 Å². The Morgan fingerprint density at radius 2 is 1.94 bits per heavy atom. The molecule has 0 spiro atoms. The highest BCUT2D eigenvalue weighted by molar-refractivity contribution is 5.79. The van der Waals surface area contributed by atoms with Crippen molar-refractivity contribution in [2.45, 2.75) is 12.8 Å². The van der Waals surface area contributed by atoms with E-state index in [1.54, 1.807) is 0 Å². The third kappa shape index (κ3) is 2.52. The third-order valence-corrected chi connectivity index (χ3v) is 2.55. The van der Waals surface area contributed by atoms with Crippen molar-refractivity contribution >= 4 is 10.9 Å². The molecule has 0 saturated heterocycles. The first kappa shape index (κ1) is 11.0. The van der Waals surface area contributed by atoms with E-state index in [0.717, 1.165) is 36.0 Å². The zero-order valence-electron chi connectivity index (χ0n) is 9.72. The quantitative estimate of drug-likeness (QED) is 0.777. The fourth-order valence-electron chi connectivity index (χ4n) is 1.73. The van der Waals surface area contributed by atoms with E-state index >= 15 is 0 Å². The maximum absolute atomic E-state index is 4.12. The maximum atomic E-state index is 4.12. The van der Waals surface area contributed by atoms with Crippen molar-refractivity contribution in [3.8, 4) is 0 Å². The first-order chi connectivity index (χ1) is 7.77. The van der Waals surface area contributed by atoms with Gasteiger partial charge in [0.05, 0.1) is 11.2 Å². The Bertz CT molecular complexity index is 462. The molecule has 0 amide bonds. The molecule has 4 nitrogen and oxygen atoms in total. The van der Waals surface area contributed by atoms with Gasteiger partial charge in [-0.05, 0) is 44.8 Å². The molecule has 1 heterocycles. The van der Waals surface area contributed by atoms with Gasteiger partial charge in [0.2, 0.25) is 0 Å². The second-order valence-electron chi connectivity index (χ2n) is 4.16. The van der Waals surface area contributed by atoms with Crippen LogP contribution in [0.4, 0.5) is 0 Å². The van der Waals surface area contributed by atoms with E-state index in [2.05, 4.69) is 40.5 Å². The normalized spacial score (nSPS) is 11.2. The summed E-state index contributed by atoms with van der Waals surface area (Å²) in [6.45, 7) is 1.07. The average Bonchev–Trinajstić information content (AvgIpc) is 2.29. The van der Waals surface area contributed by atoms with Gasteiger partial charge < -0.3 is 4.90 Å². The predicted molar refractivity (Wildman–Crippen MR) is 64.2 cm³/mol. The Kier molecular flexibility index (Phi) is 3.41. The Morgan fingerprint density at radius 1 is 1.12 bits per heavy atom. The standard InChI is InChI=1S/C12H16N4/c1-16(2)9-5-8-12-10-6-3-4-7-11(10)13-15-14-12/h3-4,6-7H,5,8-9H2,1-2H3. The van der Waals surface area contributed by atoms with Gasteiger partial charge in [-0.3, -0.25) is 0 Å². The van der Waals surface area contributed by atoms with Crippen LogP contribution in [0.5, 0.6) is 0 Å². The summed E-state index contributed by atoms with van der Waals surface area (Å²) >= 11 is 0. The van der Waals surface area contributed by atoms with Crippen molar-refractivity contribution in [2.75, 3.05) is 20.6 Å².